The van der Waals surface area contributed by atoms with Crippen molar-refractivity contribution in [1.82, 2.24) is 15.2 Å². The molecule has 24 heavy (non-hydrogen) atoms. The van der Waals surface area contributed by atoms with E-state index in [9.17, 15) is 4.39 Å². The highest BCUT2D eigenvalue weighted by Gasteiger charge is 2.10. The molecular weight excluding hydrogens is 305 g/mol. The second kappa shape index (κ2) is 7.77. The van der Waals surface area contributed by atoms with Crippen LogP contribution in [0.3, 0.4) is 0 Å². The second-order valence-corrected chi connectivity index (χ2v) is 5.72. The molecule has 0 saturated heterocycles. The smallest absolute Gasteiger partial charge is 0.236 e. The Labute approximate surface area is 141 Å². The Hall–Kier alpha value is -2.63. The van der Waals surface area contributed by atoms with E-state index in [2.05, 4.69) is 34.3 Å². The van der Waals surface area contributed by atoms with Gasteiger partial charge in [-0.05, 0) is 23.8 Å². The summed E-state index contributed by atoms with van der Waals surface area (Å²) in [7, 11) is 5.41. The molecule has 6 heteroatoms. The molecule has 1 aromatic carbocycles. The van der Waals surface area contributed by atoms with Gasteiger partial charge >= 0.3 is 0 Å². The molecule has 0 radical (unpaired) electrons. The normalized spacial score (nSPS) is 10.2. The molecule has 0 saturated carbocycles. The van der Waals surface area contributed by atoms with Gasteiger partial charge in [-0.3, -0.25) is 5.10 Å². The molecule has 0 aliphatic carbocycles. The summed E-state index contributed by atoms with van der Waals surface area (Å²) < 4.78 is 13.7. The predicted octanol–water partition coefficient (Wildman–Crippen LogP) is 4.29. The average Bonchev–Trinajstić information content (AvgIpc) is 2.98. The van der Waals surface area contributed by atoms with E-state index in [-0.39, 0.29) is 0 Å². The lowest BCUT2D eigenvalue weighted by Gasteiger charge is -2.14. The minimum Gasteiger partial charge on any atom is -0.374 e. The van der Waals surface area contributed by atoms with Crippen LogP contribution in [-0.4, -0.2) is 36.3 Å². The summed E-state index contributed by atoms with van der Waals surface area (Å²) in [5.74, 6) is 0.318. The van der Waals surface area contributed by atoms with Gasteiger partial charge in [0.25, 0.3) is 0 Å². The third-order valence-corrected chi connectivity index (χ3v) is 3.44. The van der Waals surface area contributed by atoms with Crippen LogP contribution in [0.4, 0.5) is 15.9 Å². The zero-order valence-corrected chi connectivity index (χ0v) is 14.8. The average molecular weight is 329 g/mol. The Balaban J connectivity index is 0.000000647. The summed E-state index contributed by atoms with van der Waals surface area (Å²) >= 11 is 0. The van der Waals surface area contributed by atoms with Crippen LogP contribution in [0.5, 0.6) is 0 Å². The molecule has 0 amide bonds. The molecule has 3 aromatic rings. The minimum absolute atomic E-state index is 0.466. The molecule has 3 rings (SSSR count). The maximum atomic E-state index is 13.7. The molecule has 0 spiro atoms. The van der Waals surface area contributed by atoms with Crippen molar-refractivity contribution >= 4 is 22.4 Å². The van der Waals surface area contributed by atoms with Crippen LogP contribution < -0.4 is 10.2 Å². The number of nitrogens with one attached hydrogen (secondary N) is 2. The highest BCUT2D eigenvalue weighted by molar-refractivity contribution is 5.93. The van der Waals surface area contributed by atoms with Crippen molar-refractivity contribution in [2.45, 2.75) is 20.3 Å². The number of aromatic amines is 1. The number of halogens is 1. The number of hydrogen-bond acceptors (Lipinski definition) is 4. The minimum atomic E-state index is -0.468. The SMILES string of the molecule is CCC.CNc1n[nH]c2ccc(-c3cnc(F)c(N(C)C)c3)cc12. The van der Waals surface area contributed by atoms with Gasteiger partial charge in [0.1, 0.15) is 0 Å². The Kier molecular flexibility index (Phi) is 5.73. The lowest BCUT2D eigenvalue weighted by Crippen LogP contribution is -2.11. The third kappa shape index (κ3) is 3.64. The van der Waals surface area contributed by atoms with Crippen LogP contribution in [0.2, 0.25) is 0 Å². The van der Waals surface area contributed by atoms with E-state index in [4.69, 9.17) is 0 Å². The molecule has 2 heterocycles. The van der Waals surface area contributed by atoms with E-state index in [1.54, 1.807) is 31.3 Å². The van der Waals surface area contributed by atoms with Gasteiger partial charge in [-0.2, -0.15) is 9.49 Å². The van der Waals surface area contributed by atoms with E-state index in [1.807, 2.05) is 25.2 Å². The van der Waals surface area contributed by atoms with E-state index >= 15 is 0 Å². The van der Waals surface area contributed by atoms with Gasteiger partial charge in [-0.25, -0.2) is 4.98 Å². The van der Waals surface area contributed by atoms with Gasteiger partial charge in [-0.1, -0.05) is 26.3 Å². The van der Waals surface area contributed by atoms with Crippen LogP contribution in [0.25, 0.3) is 22.0 Å². The predicted molar refractivity (Wildman–Crippen MR) is 99.1 cm³/mol. The summed E-state index contributed by atoms with van der Waals surface area (Å²) in [5.41, 5.74) is 3.25. The van der Waals surface area contributed by atoms with Gasteiger partial charge in [0.2, 0.25) is 5.95 Å². The number of fused-ring (bicyclic) bond motifs is 1. The summed E-state index contributed by atoms with van der Waals surface area (Å²) in [5, 5.41) is 11.2. The molecule has 0 aliphatic rings. The lowest BCUT2D eigenvalue weighted by molar-refractivity contribution is 0.583. The summed E-state index contributed by atoms with van der Waals surface area (Å²) in [6, 6.07) is 7.73. The fraction of sp³-hybridized carbons (Fsp3) is 0.333. The molecule has 0 fully saturated rings. The zero-order valence-electron chi connectivity index (χ0n) is 14.8. The first-order valence-electron chi connectivity index (χ1n) is 8.00. The molecule has 0 bridgehead atoms. The Morgan fingerprint density at radius 3 is 2.50 bits per heavy atom. The molecule has 128 valence electrons. The number of anilines is 2. The summed E-state index contributed by atoms with van der Waals surface area (Å²) in [6.45, 7) is 4.25. The zero-order chi connectivity index (χ0) is 17.7. The van der Waals surface area contributed by atoms with Gasteiger partial charge in [-0.15, -0.1) is 0 Å². The van der Waals surface area contributed by atoms with Crippen LogP contribution >= 0.6 is 0 Å². The van der Waals surface area contributed by atoms with E-state index in [0.717, 1.165) is 27.8 Å². The Bertz CT molecular complexity index is 810. The van der Waals surface area contributed by atoms with E-state index < -0.39 is 5.95 Å². The monoisotopic (exact) mass is 329 g/mol. The van der Waals surface area contributed by atoms with Crippen LogP contribution in [0, 0.1) is 5.95 Å². The first-order valence-corrected chi connectivity index (χ1v) is 8.00. The fourth-order valence-corrected chi connectivity index (χ4v) is 2.29. The van der Waals surface area contributed by atoms with Crippen molar-refractivity contribution in [3.8, 4) is 11.1 Å². The van der Waals surface area contributed by atoms with Crippen molar-refractivity contribution < 1.29 is 4.39 Å². The number of benzene rings is 1. The van der Waals surface area contributed by atoms with E-state index in [1.165, 1.54) is 6.42 Å². The number of H-pyrrole nitrogens is 1. The fourth-order valence-electron chi connectivity index (χ4n) is 2.29. The van der Waals surface area contributed by atoms with Gasteiger partial charge in [0.05, 0.1) is 11.2 Å². The molecule has 2 aromatic heterocycles. The molecule has 0 atom stereocenters. The summed E-state index contributed by atoms with van der Waals surface area (Å²) in [4.78, 5) is 5.55. The van der Waals surface area contributed by atoms with Gasteiger partial charge in [0.15, 0.2) is 5.82 Å². The first-order chi connectivity index (χ1) is 11.5. The highest BCUT2D eigenvalue weighted by Crippen LogP contribution is 2.29. The first kappa shape index (κ1) is 17.7. The van der Waals surface area contributed by atoms with Gasteiger partial charge in [0, 0.05) is 38.3 Å². The maximum absolute atomic E-state index is 13.7. The van der Waals surface area contributed by atoms with Crippen LogP contribution in [0.1, 0.15) is 20.3 Å². The highest BCUT2D eigenvalue weighted by atomic mass is 19.1. The topological polar surface area (TPSA) is 56.8 Å². The summed E-state index contributed by atoms with van der Waals surface area (Å²) in [6.07, 6.45) is 2.79. The Morgan fingerprint density at radius 1 is 1.17 bits per heavy atom. The molecule has 0 unspecified atom stereocenters. The number of pyridine rings is 1. The van der Waals surface area contributed by atoms with Crippen LogP contribution in [-0.2, 0) is 0 Å². The number of nitrogens with zero attached hydrogens (tertiary/aromatic N) is 3. The van der Waals surface area contributed by atoms with Crippen molar-refractivity contribution in [2.75, 3.05) is 31.4 Å². The van der Waals surface area contributed by atoms with Crippen molar-refractivity contribution in [2.24, 2.45) is 0 Å². The van der Waals surface area contributed by atoms with E-state index in [0.29, 0.717) is 5.69 Å². The molecule has 5 nitrogen and oxygen atoms in total. The number of hydrogen-bond donors (Lipinski definition) is 2. The second-order valence-electron chi connectivity index (χ2n) is 5.72. The standard InChI is InChI=1S/C15H16FN5.C3H8/c1-17-15-11-6-9(4-5-12(11)19-20-15)10-7-13(21(2)3)14(16)18-8-10;1-3-2/h4-8H,1-3H3,(H2,17,19,20);3H2,1-2H3. The molecule has 2 N–H and O–H groups in total. The number of rotatable bonds is 3. The number of aromatic nitrogens is 3. The Morgan fingerprint density at radius 2 is 1.88 bits per heavy atom. The molecular formula is C18H24FN5. The lowest BCUT2D eigenvalue weighted by atomic mass is 10.1. The molecule has 0 aliphatic heterocycles. The van der Waals surface area contributed by atoms with Gasteiger partial charge < -0.3 is 10.2 Å². The van der Waals surface area contributed by atoms with Crippen LogP contribution in [0.15, 0.2) is 30.5 Å². The van der Waals surface area contributed by atoms with Crippen molar-refractivity contribution in [3.05, 3.63) is 36.4 Å². The quantitative estimate of drug-likeness (QED) is 0.704. The largest absolute Gasteiger partial charge is 0.374 e. The van der Waals surface area contributed by atoms with Crippen molar-refractivity contribution in [3.63, 3.8) is 0 Å². The third-order valence-electron chi connectivity index (χ3n) is 3.44. The van der Waals surface area contributed by atoms with Crippen molar-refractivity contribution in [1.29, 1.82) is 0 Å². The maximum Gasteiger partial charge on any atom is 0.236 e.